The molecule has 2 heterocycles. The second-order valence-electron chi connectivity index (χ2n) is 9.95. The molecule has 33 heavy (non-hydrogen) atoms. The van der Waals surface area contributed by atoms with E-state index in [0.29, 0.717) is 6.42 Å². The molecule has 1 aromatic heterocycles. The molecule has 7 heteroatoms. The maximum Gasteiger partial charge on any atom is 0.309 e. The van der Waals surface area contributed by atoms with Crippen molar-refractivity contribution in [2.75, 3.05) is 0 Å². The molecule has 0 unspecified atom stereocenters. The van der Waals surface area contributed by atoms with Gasteiger partial charge in [-0.05, 0) is 71.4 Å². The van der Waals surface area contributed by atoms with Crippen molar-refractivity contribution in [1.29, 1.82) is 0 Å². The molecule has 5 atom stereocenters. The molecule has 1 aromatic rings. The molecule has 0 aliphatic carbocycles. The molecule has 2 rings (SSSR count). The van der Waals surface area contributed by atoms with Crippen molar-refractivity contribution in [3.63, 3.8) is 0 Å². The number of thiazole rings is 1. The van der Waals surface area contributed by atoms with Gasteiger partial charge in [-0.15, -0.1) is 23.1 Å². The van der Waals surface area contributed by atoms with Crippen LogP contribution in [0.4, 0.5) is 0 Å². The first-order valence-corrected chi connectivity index (χ1v) is 13.6. The molecule has 1 aliphatic rings. The third kappa shape index (κ3) is 8.85. The fraction of sp³-hybridized carbons (Fsp3) is 0.692. The Balaban J connectivity index is 2.27. The molecular formula is C26H41NO4S2. The lowest BCUT2D eigenvalue weighted by molar-refractivity contribution is -0.149. The highest BCUT2D eigenvalue weighted by Crippen LogP contribution is 2.37. The zero-order valence-corrected chi connectivity index (χ0v) is 22.8. The largest absolute Gasteiger partial charge is 0.457 e. The average Bonchev–Trinajstić information content (AvgIpc) is 3.13. The molecule has 1 aliphatic heterocycles. The zero-order valence-electron chi connectivity index (χ0n) is 21.1. The van der Waals surface area contributed by atoms with Crippen molar-refractivity contribution in [3.8, 4) is 0 Å². The van der Waals surface area contributed by atoms with Crippen LogP contribution in [0.2, 0.25) is 0 Å². The first-order chi connectivity index (χ1) is 15.4. The fourth-order valence-corrected chi connectivity index (χ4v) is 6.26. The number of ether oxygens (including phenoxy) is 1. The van der Waals surface area contributed by atoms with E-state index in [1.165, 1.54) is 17.3 Å². The number of nitrogens with zero attached hydrogens (tertiary/aromatic N) is 1. The Labute approximate surface area is 207 Å². The number of rotatable bonds is 2. The van der Waals surface area contributed by atoms with Gasteiger partial charge in [-0.25, -0.2) is 4.98 Å². The number of cyclic esters (lactones) is 1. The minimum absolute atomic E-state index is 0.0512. The molecule has 0 fully saturated rings. The van der Waals surface area contributed by atoms with Gasteiger partial charge >= 0.3 is 5.97 Å². The quantitative estimate of drug-likeness (QED) is 0.391. The van der Waals surface area contributed by atoms with E-state index in [9.17, 15) is 15.0 Å². The van der Waals surface area contributed by atoms with Crippen LogP contribution in [0.5, 0.6) is 0 Å². The third-order valence-corrected chi connectivity index (χ3v) is 8.74. The molecule has 0 bridgehead atoms. The summed E-state index contributed by atoms with van der Waals surface area (Å²) in [5, 5.41) is 24.6. The summed E-state index contributed by atoms with van der Waals surface area (Å²) in [7, 11) is 0. The Hall–Kier alpha value is -1.15. The number of allylic oxidation sites excluding steroid dienone is 1. The lowest BCUT2D eigenvalue weighted by Gasteiger charge is -2.35. The Kier molecular flexibility index (Phi) is 10.7. The number of aryl methyl sites for hydroxylation is 1. The molecule has 0 radical (unpaired) electrons. The number of carbonyl (C=O) groups is 1. The molecule has 0 aromatic carbocycles. The van der Waals surface area contributed by atoms with Crippen molar-refractivity contribution in [3.05, 3.63) is 33.3 Å². The van der Waals surface area contributed by atoms with Crippen LogP contribution in [-0.2, 0) is 9.53 Å². The first-order valence-electron chi connectivity index (χ1n) is 11.9. The van der Waals surface area contributed by atoms with E-state index in [2.05, 4.69) is 24.9 Å². The van der Waals surface area contributed by atoms with Gasteiger partial charge in [-0.1, -0.05) is 25.5 Å². The van der Waals surface area contributed by atoms with Gasteiger partial charge in [0.15, 0.2) is 0 Å². The topological polar surface area (TPSA) is 79.7 Å². The monoisotopic (exact) mass is 495 g/mol. The van der Waals surface area contributed by atoms with Gasteiger partial charge in [-0.2, -0.15) is 0 Å². The van der Waals surface area contributed by atoms with Gasteiger partial charge in [0.2, 0.25) is 0 Å². The summed E-state index contributed by atoms with van der Waals surface area (Å²) in [5.74, 6) is -0.242. The minimum atomic E-state index is -0.878. The Bertz CT molecular complexity index is 845. The normalized spacial score (nSPS) is 32.6. The summed E-state index contributed by atoms with van der Waals surface area (Å²) in [6, 6.07) is 0. The summed E-state index contributed by atoms with van der Waals surface area (Å²) >= 11 is 3.13. The molecule has 5 nitrogen and oxygen atoms in total. The number of carbonyl (C=O) groups excluding carboxylic acids is 1. The number of aromatic nitrogens is 1. The number of hydrogen-bond donors (Lipinski definition) is 2. The van der Waals surface area contributed by atoms with Gasteiger partial charge in [-0.3, -0.25) is 4.79 Å². The van der Waals surface area contributed by atoms with Gasteiger partial charge in [0.05, 0.1) is 29.3 Å². The van der Waals surface area contributed by atoms with E-state index < -0.39 is 29.0 Å². The number of hydrogen-bond acceptors (Lipinski definition) is 7. The van der Waals surface area contributed by atoms with E-state index in [1.807, 2.05) is 46.1 Å². The molecule has 2 N–H and O–H groups in total. The van der Waals surface area contributed by atoms with Crippen LogP contribution >= 0.6 is 23.1 Å². The van der Waals surface area contributed by atoms with E-state index in [4.69, 9.17) is 4.74 Å². The van der Waals surface area contributed by atoms with Crippen LogP contribution in [0.1, 0.15) is 84.3 Å². The van der Waals surface area contributed by atoms with Gasteiger partial charge in [0.1, 0.15) is 6.10 Å². The highest BCUT2D eigenvalue weighted by molar-refractivity contribution is 8.01. The van der Waals surface area contributed by atoms with Crippen LogP contribution in [0.3, 0.4) is 0 Å². The van der Waals surface area contributed by atoms with Crippen LogP contribution in [0, 0.1) is 12.8 Å². The molecule has 0 spiro atoms. The zero-order chi connectivity index (χ0) is 24.8. The van der Waals surface area contributed by atoms with Crippen molar-refractivity contribution >= 4 is 35.1 Å². The SMILES string of the molecule is C/C1=C/C[C@@H](/C(C)=C/c2csc(C)n2)OC(=O)C[C@@H](O)C(C)(C)S[C@H](C)[C@@H](O)[C@@H](C)CCC1. The average molecular weight is 496 g/mol. The third-order valence-electron chi connectivity index (χ3n) is 6.42. The second kappa shape index (κ2) is 12.5. The smallest absolute Gasteiger partial charge is 0.309 e. The van der Waals surface area contributed by atoms with Crippen molar-refractivity contribution < 1.29 is 19.7 Å². The molecule has 186 valence electrons. The van der Waals surface area contributed by atoms with Crippen molar-refractivity contribution in [2.24, 2.45) is 5.92 Å². The minimum Gasteiger partial charge on any atom is -0.457 e. The summed E-state index contributed by atoms with van der Waals surface area (Å²) in [4.78, 5) is 17.3. The van der Waals surface area contributed by atoms with E-state index >= 15 is 0 Å². The van der Waals surface area contributed by atoms with Crippen LogP contribution in [-0.4, -0.2) is 49.5 Å². The molecular weight excluding hydrogens is 454 g/mol. The number of aliphatic hydroxyl groups excluding tert-OH is 2. The Morgan fingerprint density at radius 1 is 1.27 bits per heavy atom. The predicted molar refractivity (Wildman–Crippen MR) is 140 cm³/mol. The standard InChI is InChI=1S/C26H41NO4S2/c1-16-9-8-10-17(2)25(30)19(4)33-26(6,7)23(28)14-24(29)31-22(12-11-16)18(3)13-21-15-32-20(5)27-21/h11,13,15,17,19,22-23,25,28,30H,8-10,12,14H2,1-7H3/b16-11-,18-13+/t17-,19+,22-,23+,25-/m0/s1. The van der Waals surface area contributed by atoms with E-state index in [0.717, 1.165) is 35.5 Å². The predicted octanol–water partition coefficient (Wildman–Crippen LogP) is 5.94. The van der Waals surface area contributed by atoms with Crippen LogP contribution < -0.4 is 0 Å². The van der Waals surface area contributed by atoms with Crippen molar-refractivity contribution in [1.82, 2.24) is 4.98 Å². The van der Waals surface area contributed by atoms with Crippen molar-refractivity contribution in [2.45, 2.75) is 109 Å². The number of thioether (sulfide) groups is 1. The highest BCUT2D eigenvalue weighted by atomic mass is 32.2. The molecule has 0 saturated heterocycles. The Morgan fingerprint density at radius 2 is 1.97 bits per heavy atom. The summed E-state index contributed by atoms with van der Waals surface area (Å²) in [5.41, 5.74) is 3.07. The summed E-state index contributed by atoms with van der Waals surface area (Å²) in [6.45, 7) is 14.0. The maximum absolute atomic E-state index is 12.8. The highest BCUT2D eigenvalue weighted by Gasteiger charge is 2.35. The molecule has 0 saturated carbocycles. The van der Waals surface area contributed by atoms with Crippen LogP contribution in [0.25, 0.3) is 6.08 Å². The van der Waals surface area contributed by atoms with Gasteiger partial charge in [0, 0.05) is 21.8 Å². The molecule has 0 amide bonds. The van der Waals surface area contributed by atoms with E-state index in [1.54, 1.807) is 11.3 Å². The first kappa shape index (κ1) is 28.1. The lowest BCUT2D eigenvalue weighted by Crippen LogP contribution is -2.40. The summed E-state index contributed by atoms with van der Waals surface area (Å²) < 4.78 is 5.28. The Morgan fingerprint density at radius 3 is 2.61 bits per heavy atom. The number of aliphatic hydroxyl groups is 2. The van der Waals surface area contributed by atoms with E-state index in [-0.39, 0.29) is 17.6 Å². The summed E-state index contributed by atoms with van der Waals surface area (Å²) in [6.07, 6.45) is 5.79. The number of esters is 1. The fourth-order valence-electron chi connectivity index (χ4n) is 4.08. The second-order valence-corrected chi connectivity index (χ2v) is 13.0. The lowest BCUT2D eigenvalue weighted by atomic mass is 9.94. The van der Waals surface area contributed by atoms with Gasteiger partial charge < -0.3 is 14.9 Å². The maximum atomic E-state index is 12.8. The van der Waals surface area contributed by atoms with Crippen LogP contribution in [0.15, 0.2) is 22.6 Å². The van der Waals surface area contributed by atoms with Gasteiger partial charge in [0.25, 0.3) is 0 Å².